The van der Waals surface area contributed by atoms with Crippen LogP contribution in [0.3, 0.4) is 0 Å². The number of hydrogen-bond donors (Lipinski definition) is 1. The Labute approximate surface area is 144 Å². The Hall–Kier alpha value is -1.85. The number of carboxylic acids is 1. The average molecular weight is 378 g/mol. The molecule has 0 amide bonds. The summed E-state index contributed by atoms with van der Waals surface area (Å²) >= 11 is 3.40. The van der Waals surface area contributed by atoms with Crippen LogP contribution in [0, 0.1) is 0 Å². The lowest BCUT2D eigenvalue weighted by Gasteiger charge is -2.20. The monoisotopic (exact) mass is 377 g/mol. The number of nitrogens with zero attached hydrogens (tertiary/aromatic N) is 1. The molecule has 0 aliphatic rings. The summed E-state index contributed by atoms with van der Waals surface area (Å²) in [7, 11) is 0. The van der Waals surface area contributed by atoms with Crippen molar-refractivity contribution in [1.29, 1.82) is 0 Å². The molecule has 0 radical (unpaired) electrons. The first-order chi connectivity index (χ1) is 11.1. The van der Waals surface area contributed by atoms with Crippen molar-refractivity contribution in [2.24, 2.45) is 0 Å². The van der Waals surface area contributed by atoms with E-state index < -0.39 is 5.97 Å². The van der Waals surface area contributed by atoms with Gasteiger partial charge in [0.1, 0.15) is 12.4 Å². The maximum atomic E-state index is 11.0. The van der Waals surface area contributed by atoms with Gasteiger partial charge in [-0.15, -0.1) is 0 Å². The fourth-order valence-electron chi connectivity index (χ4n) is 2.23. The van der Waals surface area contributed by atoms with Gasteiger partial charge in [-0.25, -0.2) is 4.79 Å². The molecule has 0 saturated heterocycles. The second-order valence-corrected chi connectivity index (χ2v) is 6.09. The highest BCUT2D eigenvalue weighted by atomic mass is 79.9. The van der Waals surface area contributed by atoms with Crippen molar-refractivity contribution in [3.05, 3.63) is 64.1 Å². The van der Waals surface area contributed by atoms with Crippen LogP contribution in [0.1, 0.15) is 22.8 Å². The molecule has 0 unspecified atom stereocenters. The fourth-order valence-corrected chi connectivity index (χ4v) is 2.50. The number of hydrogen-bond acceptors (Lipinski definition) is 3. The summed E-state index contributed by atoms with van der Waals surface area (Å²) in [5.41, 5.74) is 1.32. The molecule has 0 aliphatic heterocycles. The van der Waals surface area contributed by atoms with Crippen molar-refractivity contribution in [3.63, 3.8) is 0 Å². The first-order valence-electron chi connectivity index (χ1n) is 7.51. The zero-order valence-corrected chi connectivity index (χ0v) is 14.6. The minimum atomic E-state index is -0.895. The molecule has 0 fully saturated rings. The Bertz CT molecular complexity index is 643. The molecule has 0 atom stereocenters. The number of likely N-dealkylation sites (N-methyl/N-ethyl adjacent to an activating group) is 1. The van der Waals surface area contributed by atoms with Gasteiger partial charge in [0.15, 0.2) is 0 Å². The summed E-state index contributed by atoms with van der Waals surface area (Å²) in [6.07, 6.45) is 0. The molecule has 122 valence electrons. The smallest absolute Gasteiger partial charge is 0.335 e. The third-order valence-electron chi connectivity index (χ3n) is 3.52. The lowest BCUT2D eigenvalue weighted by Crippen LogP contribution is -2.28. The number of rotatable bonds is 8. The summed E-state index contributed by atoms with van der Waals surface area (Å²) in [6.45, 7) is 5.04. The summed E-state index contributed by atoms with van der Waals surface area (Å²) in [4.78, 5) is 13.2. The van der Waals surface area contributed by atoms with E-state index >= 15 is 0 Å². The van der Waals surface area contributed by atoms with Crippen LogP contribution in [0.4, 0.5) is 0 Å². The van der Waals surface area contributed by atoms with Gasteiger partial charge in [-0.3, -0.25) is 4.90 Å². The van der Waals surface area contributed by atoms with Crippen LogP contribution in [0.25, 0.3) is 0 Å². The van der Waals surface area contributed by atoms with E-state index in [-0.39, 0.29) is 0 Å². The van der Waals surface area contributed by atoms with Crippen molar-refractivity contribution >= 4 is 21.9 Å². The summed E-state index contributed by atoms with van der Waals surface area (Å²) in [5, 5.41) is 9.05. The molecule has 23 heavy (non-hydrogen) atoms. The van der Waals surface area contributed by atoms with Crippen LogP contribution >= 0.6 is 15.9 Å². The summed E-state index contributed by atoms with van der Waals surface area (Å²) in [5.74, 6) is -0.0504. The number of benzene rings is 2. The highest BCUT2D eigenvalue weighted by Gasteiger charge is 2.07. The van der Waals surface area contributed by atoms with Gasteiger partial charge in [0, 0.05) is 17.6 Å². The minimum Gasteiger partial charge on any atom is -0.492 e. The van der Waals surface area contributed by atoms with Crippen molar-refractivity contribution < 1.29 is 14.6 Å². The zero-order chi connectivity index (χ0) is 16.7. The number of carbonyl (C=O) groups is 1. The third-order valence-corrected chi connectivity index (χ3v) is 4.05. The highest BCUT2D eigenvalue weighted by molar-refractivity contribution is 9.10. The molecule has 0 aliphatic carbocycles. The number of halogens is 1. The van der Waals surface area contributed by atoms with E-state index in [9.17, 15) is 4.79 Å². The normalized spacial score (nSPS) is 10.7. The van der Waals surface area contributed by atoms with E-state index in [1.165, 1.54) is 0 Å². The van der Waals surface area contributed by atoms with E-state index in [2.05, 4.69) is 27.8 Å². The first kappa shape index (κ1) is 17.5. The molecule has 4 nitrogen and oxygen atoms in total. The second kappa shape index (κ2) is 8.70. The molecule has 0 bridgehead atoms. The van der Waals surface area contributed by atoms with E-state index in [1.807, 2.05) is 30.3 Å². The predicted octanol–water partition coefficient (Wildman–Crippen LogP) is 4.05. The molecule has 2 aromatic rings. The molecule has 0 aromatic heterocycles. The molecule has 0 heterocycles. The standard InChI is InChI=1S/C18H20BrNO3/c1-2-20(10-11-23-17-8-6-16(19)7-9-17)13-14-4-3-5-15(12-14)18(21)22/h3-9,12H,2,10-11,13H2,1H3,(H,21,22). The van der Waals surface area contributed by atoms with Crippen molar-refractivity contribution in [2.75, 3.05) is 19.7 Å². The second-order valence-electron chi connectivity index (χ2n) is 5.18. The van der Waals surface area contributed by atoms with Crippen LogP contribution < -0.4 is 4.74 Å². The van der Waals surface area contributed by atoms with E-state index in [0.29, 0.717) is 18.7 Å². The highest BCUT2D eigenvalue weighted by Crippen LogP contribution is 2.16. The van der Waals surface area contributed by atoms with Gasteiger partial charge in [-0.05, 0) is 48.5 Å². The molecule has 2 aromatic carbocycles. The topological polar surface area (TPSA) is 49.8 Å². The summed E-state index contributed by atoms with van der Waals surface area (Å²) < 4.78 is 6.76. The predicted molar refractivity (Wildman–Crippen MR) is 94.0 cm³/mol. The number of carboxylic acid groups (broad SMARTS) is 1. The van der Waals surface area contributed by atoms with Crippen molar-refractivity contribution in [1.82, 2.24) is 4.90 Å². The van der Waals surface area contributed by atoms with E-state index in [4.69, 9.17) is 9.84 Å². The Morgan fingerprint density at radius 1 is 1.22 bits per heavy atom. The first-order valence-corrected chi connectivity index (χ1v) is 8.30. The van der Waals surface area contributed by atoms with Gasteiger partial charge >= 0.3 is 5.97 Å². The summed E-state index contributed by atoms with van der Waals surface area (Å²) in [6, 6.07) is 14.8. The lowest BCUT2D eigenvalue weighted by atomic mass is 10.1. The van der Waals surface area contributed by atoms with Gasteiger partial charge in [0.2, 0.25) is 0 Å². The SMILES string of the molecule is CCN(CCOc1ccc(Br)cc1)Cc1cccc(C(=O)O)c1. The maximum Gasteiger partial charge on any atom is 0.335 e. The van der Waals surface area contributed by atoms with Crippen LogP contribution in [-0.4, -0.2) is 35.7 Å². The fraction of sp³-hybridized carbons (Fsp3) is 0.278. The van der Waals surface area contributed by atoms with Crippen LogP contribution in [0.5, 0.6) is 5.75 Å². The van der Waals surface area contributed by atoms with E-state index in [0.717, 1.165) is 28.9 Å². The van der Waals surface area contributed by atoms with E-state index in [1.54, 1.807) is 18.2 Å². The van der Waals surface area contributed by atoms with Gasteiger partial charge in [0.25, 0.3) is 0 Å². The molecule has 2 rings (SSSR count). The van der Waals surface area contributed by atoms with Crippen molar-refractivity contribution in [2.45, 2.75) is 13.5 Å². The Morgan fingerprint density at radius 3 is 2.61 bits per heavy atom. The largest absolute Gasteiger partial charge is 0.492 e. The van der Waals surface area contributed by atoms with Gasteiger partial charge in [0.05, 0.1) is 5.56 Å². The Kier molecular flexibility index (Phi) is 6.62. The molecule has 5 heteroatoms. The average Bonchev–Trinajstić information content (AvgIpc) is 2.56. The quantitative estimate of drug-likeness (QED) is 0.753. The molecule has 0 spiro atoms. The van der Waals surface area contributed by atoms with Gasteiger partial charge in [-0.2, -0.15) is 0 Å². The van der Waals surface area contributed by atoms with Crippen LogP contribution in [0.2, 0.25) is 0 Å². The van der Waals surface area contributed by atoms with Crippen LogP contribution in [-0.2, 0) is 6.54 Å². The Morgan fingerprint density at radius 2 is 1.96 bits per heavy atom. The van der Waals surface area contributed by atoms with Gasteiger partial charge in [-0.1, -0.05) is 35.0 Å². The van der Waals surface area contributed by atoms with Crippen LogP contribution in [0.15, 0.2) is 53.0 Å². The molecular weight excluding hydrogens is 358 g/mol. The molecule has 1 N–H and O–H groups in total. The minimum absolute atomic E-state index is 0.324. The Balaban J connectivity index is 1.86. The van der Waals surface area contributed by atoms with Crippen molar-refractivity contribution in [3.8, 4) is 5.75 Å². The zero-order valence-electron chi connectivity index (χ0n) is 13.0. The third kappa shape index (κ3) is 5.69. The lowest BCUT2D eigenvalue weighted by molar-refractivity contribution is 0.0696. The van der Waals surface area contributed by atoms with Gasteiger partial charge < -0.3 is 9.84 Å². The molecular formula is C18H20BrNO3. The number of ether oxygens (including phenoxy) is 1. The molecule has 0 saturated carbocycles. The number of aromatic carboxylic acids is 1. The maximum absolute atomic E-state index is 11.0.